The van der Waals surface area contributed by atoms with Crippen LogP contribution < -0.4 is 4.74 Å². The molecule has 0 bridgehead atoms. The van der Waals surface area contributed by atoms with Gasteiger partial charge in [-0.3, -0.25) is 9.80 Å². The Morgan fingerprint density at radius 3 is 2.30 bits per heavy atom. The zero-order valence-corrected chi connectivity index (χ0v) is 17.1. The fourth-order valence-corrected chi connectivity index (χ4v) is 3.52. The molecule has 6 heteroatoms. The fourth-order valence-electron chi connectivity index (χ4n) is 3.20. The molecule has 2 aromatic rings. The molecule has 1 heterocycles. The lowest BCUT2D eigenvalue weighted by molar-refractivity contribution is 0.0446. The average molecular weight is 409 g/mol. The second kappa shape index (κ2) is 9.76. The lowest BCUT2D eigenvalue weighted by Crippen LogP contribution is -2.48. The van der Waals surface area contributed by atoms with Crippen molar-refractivity contribution < 1.29 is 9.84 Å². The maximum Gasteiger partial charge on any atom is 0.119 e. The third-order valence-corrected chi connectivity index (χ3v) is 5.53. The molecule has 1 atom stereocenters. The van der Waals surface area contributed by atoms with Crippen LogP contribution in [0.2, 0.25) is 10.0 Å². The van der Waals surface area contributed by atoms with E-state index in [0.29, 0.717) is 23.2 Å². The van der Waals surface area contributed by atoms with E-state index in [0.717, 1.165) is 38.5 Å². The molecule has 1 N–H and O–H groups in total. The Morgan fingerprint density at radius 1 is 0.963 bits per heavy atom. The van der Waals surface area contributed by atoms with Gasteiger partial charge in [0.15, 0.2) is 0 Å². The molecule has 0 aromatic heterocycles. The van der Waals surface area contributed by atoms with E-state index in [1.807, 2.05) is 49.4 Å². The Labute approximate surface area is 171 Å². The van der Waals surface area contributed by atoms with Crippen LogP contribution in [0.15, 0.2) is 42.5 Å². The second-order valence-electron chi connectivity index (χ2n) is 7.10. The van der Waals surface area contributed by atoms with E-state index in [1.54, 1.807) is 0 Å². The van der Waals surface area contributed by atoms with Crippen LogP contribution in [-0.4, -0.2) is 60.3 Å². The van der Waals surface area contributed by atoms with E-state index in [9.17, 15) is 5.11 Å². The van der Waals surface area contributed by atoms with Crippen molar-refractivity contribution in [2.45, 2.75) is 19.6 Å². The first-order valence-electron chi connectivity index (χ1n) is 9.26. The van der Waals surface area contributed by atoms with Crippen LogP contribution >= 0.6 is 23.2 Å². The van der Waals surface area contributed by atoms with Gasteiger partial charge in [-0.25, -0.2) is 0 Å². The molecule has 0 saturated carbocycles. The summed E-state index contributed by atoms with van der Waals surface area (Å²) in [5.41, 5.74) is 2.37. The molecular weight excluding hydrogens is 383 g/mol. The Kier molecular flexibility index (Phi) is 7.39. The van der Waals surface area contributed by atoms with E-state index < -0.39 is 6.10 Å². The van der Waals surface area contributed by atoms with E-state index in [-0.39, 0.29) is 0 Å². The summed E-state index contributed by atoms with van der Waals surface area (Å²) < 4.78 is 5.67. The van der Waals surface area contributed by atoms with Crippen LogP contribution in [0.25, 0.3) is 0 Å². The van der Waals surface area contributed by atoms with Gasteiger partial charge in [-0.05, 0) is 36.8 Å². The van der Waals surface area contributed by atoms with Gasteiger partial charge in [0.05, 0.1) is 10.0 Å². The van der Waals surface area contributed by atoms with Crippen LogP contribution in [0.5, 0.6) is 5.75 Å². The summed E-state index contributed by atoms with van der Waals surface area (Å²) in [6, 6.07) is 13.7. The van der Waals surface area contributed by atoms with Crippen molar-refractivity contribution in [2.75, 3.05) is 39.3 Å². The number of nitrogens with zero attached hydrogens (tertiary/aromatic N) is 2. The minimum atomic E-state index is -0.493. The second-order valence-corrected chi connectivity index (χ2v) is 7.92. The molecule has 0 radical (unpaired) electrons. The first-order valence-corrected chi connectivity index (χ1v) is 10.0. The number of rotatable bonds is 7. The Morgan fingerprint density at radius 2 is 1.63 bits per heavy atom. The number of aliphatic hydroxyl groups excluding tert-OH is 1. The lowest BCUT2D eigenvalue weighted by atomic mass is 10.2. The third-order valence-electron chi connectivity index (χ3n) is 4.79. The molecule has 0 aliphatic carbocycles. The normalized spacial score (nSPS) is 17.0. The van der Waals surface area contributed by atoms with Crippen molar-refractivity contribution in [3.8, 4) is 5.75 Å². The molecule has 3 rings (SSSR count). The minimum absolute atomic E-state index is 0.312. The van der Waals surface area contributed by atoms with Crippen molar-refractivity contribution in [2.24, 2.45) is 0 Å². The molecule has 27 heavy (non-hydrogen) atoms. The van der Waals surface area contributed by atoms with Crippen LogP contribution in [0.1, 0.15) is 11.1 Å². The van der Waals surface area contributed by atoms with Gasteiger partial charge in [0.2, 0.25) is 0 Å². The highest BCUT2D eigenvalue weighted by Crippen LogP contribution is 2.23. The number of halogens is 2. The number of β-amino-alcohol motifs (C(OH)–C–C–N with tert-alkyl or cyclic N) is 1. The largest absolute Gasteiger partial charge is 0.491 e. The standard InChI is InChI=1S/C21H26Cl2N2O2/c1-16-2-5-19(6-3-16)27-15-18(26)14-25-10-8-24(9-11-25)13-17-4-7-20(22)21(23)12-17/h2-7,12,18,26H,8-11,13-15H2,1H3/t18-/m0/s1. The quantitative estimate of drug-likeness (QED) is 0.754. The zero-order chi connectivity index (χ0) is 19.2. The molecule has 1 aliphatic heterocycles. The van der Waals surface area contributed by atoms with Crippen molar-refractivity contribution in [1.29, 1.82) is 0 Å². The van der Waals surface area contributed by atoms with E-state index >= 15 is 0 Å². The maximum absolute atomic E-state index is 10.3. The predicted molar refractivity (Wildman–Crippen MR) is 111 cm³/mol. The summed E-state index contributed by atoms with van der Waals surface area (Å²) in [4.78, 5) is 4.68. The number of piperazine rings is 1. The van der Waals surface area contributed by atoms with Gasteiger partial charge in [-0.15, -0.1) is 0 Å². The summed E-state index contributed by atoms with van der Waals surface area (Å²) in [5, 5.41) is 11.5. The molecule has 1 fully saturated rings. The molecule has 146 valence electrons. The van der Waals surface area contributed by atoms with Crippen molar-refractivity contribution in [3.05, 3.63) is 63.6 Å². The first-order chi connectivity index (χ1) is 13.0. The molecule has 0 unspecified atom stereocenters. The van der Waals surface area contributed by atoms with E-state index in [4.69, 9.17) is 27.9 Å². The summed E-state index contributed by atoms with van der Waals surface area (Å²) in [6.45, 7) is 7.64. The van der Waals surface area contributed by atoms with Gasteiger partial charge >= 0.3 is 0 Å². The number of hydrogen-bond acceptors (Lipinski definition) is 4. The molecule has 1 aliphatic rings. The van der Waals surface area contributed by atoms with Crippen LogP contribution in [0, 0.1) is 6.92 Å². The van der Waals surface area contributed by atoms with E-state index in [1.165, 1.54) is 11.1 Å². The summed E-state index contributed by atoms with van der Waals surface area (Å²) >= 11 is 12.1. The molecule has 0 amide bonds. The average Bonchev–Trinajstić information content (AvgIpc) is 2.66. The topological polar surface area (TPSA) is 35.9 Å². The lowest BCUT2D eigenvalue weighted by Gasteiger charge is -2.35. The zero-order valence-electron chi connectivity index (χ0n) is 15.6. The minimum Gasteiger partial charge on any atom is -0.491 e. The Hall–Kier alpha value is -1.30. The van der Waals surface area contributed by atoms with Gasteiger partial charge in [0, 0.05) is 39.3 Å². The highest BCUT2D eigenvalue weighted by Gasteiger charge is 2.19. The Balaban J connectivity index is 1.38. The number of aryl methyl sites for hydroxylation is 1. The van der Waals surface area contributed by atoms with E-state index in [2.05, 4.69) is 9.80 Å². The maximum atomic E-state index is 10.3. The summed E-state index contributed by atoms with van der Waals surface area (Å²) in [7, 11) is 0. The van der Waals surface area contributed by atoms with Gasteiger partial charge in [-0.2, -0.15) is 0 Å². The monoisotopic (exact) mass is 408 g/mol. The van der Waals surface area contributed by atoms with Crippen molar-refractivity contribution in [1.82, 2.24) is 9.80 Å². The summed E-state index contributed by atoms with van der Waals surface area (Å²) in [5.74, 6) is 0.797. The van der Waals surface area contributed by atoms with Gasteiger partial charge in [0.1, 0.15) is 18.5 Å². The molecule has 1 saturated heterocycles. The van der Waals surface area contributed by atoms with Crippen LogP contribution in [0.4, 0.5) is 0 Å². The fraction of sp³-hybridized carbons (Fsp3) is 0.429. The Bertz CT molecular complexity index is 731. The van der Waals surface area contributed by atoms with Gasteiger partial charge in [-0.1, -0.05) is 47.0 Å². The van der Waals surface area contributed by atoms with Crippen LogP contribution in [-0.2, 0) is 6.54 Å². The van der Waals surface area contributed by atoms with Crippen molar-refractivity contribution >= 4 is 23.2 Å². The third kappa shape index (κ3) is 6.37. The highest BCUT2D eigenvalue weighted by molar-refractivity contribution is 6.42. The van der Waals surface area contributed by atoms with Gasteiger partial charge in [0.25, 0.3) is 0 Å². The van der Waals surface area contributed by atoms with Crippen LogP contribution in [0.3, 0.4) is 0 Å². The number of ether oxygens (including phenoxy) is 1. The number of hydrogen-bond donors (Lipinski definition) is 1. The summed E-state index contributed by atoms with van der Waals surface area (Å²) in [6.07, 6.45) is -0.493. The predicted octanol–water partition coefficient (Wildman–Crippen LogP) is 3.86. The van der Waals surface area contributed by atoms with Crippen molar-refractivity contribution in [3.63, 3.8) is 0 Å². The smallest absolute Gasteiger partial charge is 0.119 e. The first kappa shape index (κ1) is 20.4. The number of aliphatic hydroxyl groups is 1. The SMILES string of the molecule is Cc1ccc(OC[C@@H](O)CN2CCN(Cc3ccc(Cl)c(Cl)c3)CC2)cc1. The molecule has 0 spiro atoms. The molecular formula is C21H26Cl2N2O2. The molecule has 2 aromatic carbocycles. The molecule has 4 nitrogen and oxygen atoms in total. The number of benzene rings is 2. The van der Waals surface area contributed by atoms with Gasteiger partial charge < -0.3 is 9.84 Å². The highest BCUT2D eigenvalue weighted by atomic mass is 35.5.